The first-order chi connectivity index (χ1) is 9.33. The summed E-state index contributed by atoms with van der Waals surface area (Å²) in [6.45, 7) is 8.11. The zero-order valence-corrected chi connectivity index (χ0v) is 11.6. The Bertz CT molecular complexity index is 394. The van der Waals surface area contributed by atoms with Crippen molar-refractivity contribution >= 4 is 5.82 Å². The fourth-order valence-electron chi connectivity index (χ4n) is 2.96. The van der Waals surface area contributed by atoms with E-state index in [0.29, 0.717) is 0 Å². The van der Waals surface area contributed by atoms with E-state index in [1.807, 2.05) is 13.0 Å². The van der Waals surface area contributed by atoms with Crippen molar-refractivity contribution in [1.82, 2.24) is 15.1 Å². The van der Waals surface area contributed by atoms with E-state index in [1.54, 1.807) is 0 Å². The van der Waals surface area contributed by atoms with Crippen LogP contribution in [0, 0.1) is 6.92 Å². The number of ether oxygens (including phenoxy) is 1. The van der Waals surface area contributed by atoms with Gasteiger partial charge in [-0.3, -0.25) is 4.90 Å². The second-order valence-electron chi connectivity index (χ2n) is 5.40. The molecule has 0 aliphatic carbocycles. The lowest BCUT2D eigenvalue weighted by molar-refractivity contribution is 0.0114. The van der Waals surface area contributed by atoms with Crippen LogP contribution < -0.4 is 4.90 Å². The van der Waals surface area contributed by atoms with Crippen molar-refractivity contribution in [2.24, 2.45) is 0 Å². The molecule has 5 heteroatoms. The summed E-state index contributed by atoms with van der Waals surface area (Å²) in [4.78, 5) is 4.94. The van der Waals surface area contributed by atoms with E-state index in [1.165, 1.54) is 12.8 Å². The molecule has 0 saturated carbocycles. The minimum Gasteiger partial charge on any atom is -0.379 e. The molecule has 19 heavy (non-hydrogen) atoms. The molecule has 0 radical (unpaired) electrons. The number of piperidine rings is 1. The van der Waals surface area contributed by atoms with Crippen molar-refractivity contribution in [3.63, 3.8) is 0 Å². The summed E-state index contributed by atoms with van der Waals surface area (Å²) in [7, 11) is 0. The standard InChI is InChI=1S/C14H22N4O/c1-12-2-3-14(16-15-12)18-6-4-13(5-7-18)17-8-10-19-11-9-17/h2-3,13H,4-11H2,1H3. The molecule has 1 aromatic rings. The number of nitrogens with zero attached hydrogens (tertiary/aromatic N) is 4. The number of hydrogen-bond donors (Lipinski definition) is 0. The Kier molecular flexibility index (Phi) is 3.94. The van der Waals surface area contributed by atoms with Crippen LogP contribution in [-0.2, 0) is 4.74 Å². The summed E-state index contributed by atoms with van der Waals surface area (Å²) in [6.07, 6.45) is 2.44. The Labute approximate surface area is 114 Å². The molecule has 0 amide bonds. The van der Waals surface area contributed by atoms with Gasteiger partial charge < -0.3 is 9.64 Å². The monoisotopic (exact) mass is 262 g/mol. The molecule has 5 nitrogen and oxygen atoms in total. The van der Waals surface area contributed by atoms with Gasteiger partial charge in [-0.05, 0) is 31.9 Å². The second-order valence-corrected chi connectivity index (χ2v) is 5.40. The first-order valence-electron chi connectivity index (χ1n) is 7.20. The number of rotatable bonds is 2. The van der Waals surface area contributed by atoms with Crippen molar-refractivity contribution in [1.29, 1.82) is 0 Å². The van der Waals surface area contributed by atoms with Crippen LogP contribution in [0.2, 0.25) is 0 Å². The Hall–Kier alpha value is -1.20. The van der Waals surface area contributed by atoms with Crippen LogP contribution in [0.15, 0.2) is 12.1 Å². The minimum absolute atomic E-state index is 0.721. The third kappa shape index (κ3) is 3.04. The van der Waals surface area contributed by atoms with Crippen molar-refractivity contribution in [2.45, 2.75) is 25.8 Å². The molecule has 0 spiro atoms. The number of hydrogen-bond acceptors (Lipinski definition) is 5. The van der Waals surface area contributed by atoms with Crippen LogP contribution >= 0.6 is 0 Å². The van der Waals surface area contributed by atoms with Crippen LogP contribution in [0.1, 0.15) is 18.5 Å². The Morgan fingerprint density at radius 2 is 1.79 bits per heavy atom. The minimum atomic E-state index is 0.721. The zero-order chi connectivity index (χ0) is 13.1. The molecule has 2 aliphatic rings. The molecule has 2 fully saturated rings. The molecular formula is C14H22N4O. The van der Waals surface area contributed by atoms with Crippen molar-refractivity contribution < 1.29 is 4.74 Å². The molecule has 3 heterocycles. The van der Waals surface area contributed by atoms with Crippen LogP contribution in [-0.4, -0.2) is 60.5 Å². The summed E-state index contributed by atoms with van der Waals surface area (Å²) in [5.41, 5.74) is 0.979. The van der Waals surface area contributed by atoms with Gasteiger partial charge in [0, 0.05) is 32.2 Å². The molecule has 0 atom stereocenters. The fourth-order valence-corrected chi connectivity index (χ4v) is 2.96. The summed E-state index contributed by atoms with van der Waals surface area (Å²) >= 11 is 0. The van der Waals surface area contributed by atoms with Gasteiger partial charge in [-0.2, -0.15) is 5.10 Å². The normalized spacial score (nSPS) is 22.7. The average Bonchev–Trinajstić information content (AvgIpc) is 2.49. The van der Waals surface area contributed by atoms with E-state index in [0.717, 1.165) is 56.9 Å². The van der Waals surface area contributed by atoms with E-state index in [4.69, 9.17) is 4.74 Å². The maximum Gasteiger partial charge on any atom is 0.151 e. The van der Waals surface area contributed by atoms with Gasteiger partial charge in [0.25, 0.3) is 0 Å². The molecule has 1 aromatic heterocycles. The van der Waals surface area contributed by atoms with E-state index in [9.17, 15) is 0 Å². The van der Waals surface area contributed by atoms with E-state index >= 15 is 0 Å². The lowest BCUT2D eigenvalue weighted by Gasteiger charge is -2.40. The average molecular weight is 262 g/mol. The highest BCUT2D eigenvalue weighted by molar-refractivity contribution is 5.37. The Morgan fingerprint density at radius 3 is 2.42 bits per heavy atom. The molecule has 2 aliphatic heterocycles. The number of aryl methyl sites for hydroxylation is 1. The molecule has 104 valence electrons. The third-order valence-corrected chi connectivity index (χ3v) is 4.13. The maximum absolute atomic E-state index is 5.42. The Morgan fingerprint density at radius 1 is 1.05 bits per heavy atom. The van der Waals surface area contributed by atoms with Gasteiger partial charge in [0.15, 0.2) is 5.82 Å². The lowest BCUT2D eigenvalue weighted by atomic mass is 10.0. The fraction of sp³-hybridized carbons (Fsp3) is 0.714. The highest BCUT2D eigenvalue weighted by atomic mass is 16.5. The number of aromatic nitrogens is 2. The van der Waals surface area contributed by atoms with E-state index < -0.39 is 0 Å². The molecule has 3 rings (SSSR count). The first kappa shape index (κ1) is 12.8. The predicted molar refractivity (Wildman–Crippen MR) is 74.4 cm³/mol. The van der Waals surface area contributed by atoms with Gasteiger partial charge in [-0.15, -0.1) is 5.10 Å². The summed E-state index contributed by atoms with van der Waals surface area (Å²) < 4.78 is 5.42. The summed E-state index contributed by atoms with van der Waals surface area (Å²) in [5.74, 6) is 1.02. The Balaban J connectivity index is 1.55. The first-order valence-corrected chi connectivity index (χ1v) is 7.20. The number of morpholine rings is 1. The SMILES string of the molecule is Cc1ccc(N2CCC(N3CCOCC3)CC2)nn1. The largest absolute Gasteiger partial charge is 0.379 e. The molecule has 0 aromatic carbocycles. The van der Waals surface area contributed by atoms with Gasteiger partial charge in [-0.25, -0.2) is 0 Å². The van der Waals surface area contributed by atoms with Gasteiger partial charge >= 0.3 is 0 Å². The summed E-state index contributed by atoms with van der Waals surface area (Å²) in [5, 5.41) is 8.43. The molecule has 2 saturated heterocycles. The van der Waals surface area contributed by atoms with Crippen LogP contribution in [0.25, 0.3) is 0 Å². The van der Waals surface area contributed by atoms with Crippen LogP contribution in [0.5, 0.6) is 0 Å². The molecular weight excluding hydrogens is 240 g/mol. The zero-order valence-electron chi connectivity index (χ0n) is 11.6. The van der Waals surface area contributed by atoms with E-state index in [2.05, 4.69) is 26.1 Å². The smallest absolute Gasteiger partial charge is 0.151 e. The van der Waals surface area contributed by atoms with Gasteiger partial charge in [0.05, 0.1) is 18.9 Å². The highest BCUT2D eigenvalue weighted by Gasteiger charge is 2.26. The van der Waals surface area contributed by atoms with Crippen LogP contribution in [0.3, 0.4) is 0 Å². The van der Waals surface area contributed by atoms with Gasteiger partial charge in [0.1, 0.15) is 0 Å². The molecule has 0 bridgehead atoms. The second kappa shape index (κ2) is 5.84. The number of anilines is 1. The highest BCUT2D eigenvalue weighted by Crippen LogP contribution is 2.21. The topological polar surface area (TPSA) is 41.5 Å². The maximum atomic E-state index is 5.42. The van der Waals surface area contributed by atoms with Gasteiger partial charge in [-0.1, -0.05) is 0 Å². The van der Waals surface area contributed by atoms with Crippen molar-refractivity contribution in [2.75, 3.05) is 44.3 Å². The molecule has 0 N–H and O–H groups in total. The quantitative estimate of drug-likeness (QED) is 0.798. The van der Waals surface area contributed by atoms with Gasteiger partial charge in [0.2, 0.25) is 0 Å². The van der Waals surface area contributed by atoms with Crippen LogP contribution in [0.4, 0.5) is 5.82 Å². The molecule has 0 unspecified atom stereocenters. The summed E-state index contributed by atoms with van der Waals surface area (Å²) in [6, 6.07) is 4.84. The lowest BCUT2D eigenvalue weighted by Crippen LogP contribution is -2.49. The van der Waals surface area contributed by atoms with Crippen molar-refractivity contribution in [3.05, 3.63) is 17.8 Å². The van der Waals surface area contributed by atoms with Crippen molar-refractivity contribution in [3.8, 4) is 0 Å². The third-order valence-electron chi connectivity index (χ3n) is 4.13. The van der Waals surface area contributed by atoms with E-state index in [-0.39, 0.29) is 0 Å². The predicted octanol–water partition coefficient (Wildman–Crippen LogP) is 1.09.